The normalized spacial score (nSPS) is 19.4. The average Bonchev–Trinajstić information content (AvgIpc) is 3.31. The Morgan fingerprint density at radius 3 is 1.79 bits per heavy atom. The lowest BCUT2D eigenvalue weighted by Crippen LogP contribution is -2.23. The molecular weight excluding hydrogens is 300 g/mol. The van der Waals surface area contributed by atoms with Gasteiger partial charge in [-0.05, 0) is 31.3 Å². The largest absolute Gasteiger partial charge is 0.545 e. The lowest BCUT2D eigenvalue weighted by atomic mass is 10.0. The van der Waals surface area contributed by atoms with E-state index in [1.54, 1.807) is 0 Å². The van der Waals surface area contributed by atoms with Crippen LogP contribution in [-0.4, -0.2) is 18.2 Å². The minimum absolute atomic E-state index is 0.234. The van der Waals surface area contributed by atoms with E-state index in [4.69, 9.17) is 4.74 Å². The fourth-order valence-electron chi connectivity index (χ4n) is 3.31. The molecule has 1 aliphatic rings. The second-order valence-corrected chi connectivity index (χ2v) is 7.32. The number of ether oxygens (including phenoxy) is 1. The van der Waals surface area contributed by atoms with Gasteiger partial charge in [-0.3, -0.25) is 0 Å². The monoisotopic (exact) mass is 337 g/mol. The van der Waals surface area contributed by atoms with E-state index in [9.17, 15) is 9.90 Å². The Morgan fingerprint density at radius 2 is 1.29 bits per heavy atom. The van der Waals surface area contributed by atoms with Gasteiger partial charge in [0.05, 0.1) is 18.2 Å². The number of carbonyl (C=O) groups excluding carboxylic acids is 1. The highest BCUT2D eigenvalue weighted by Crippen LogP contribution is 2.31. The van der Waals surface area contributed by atoms with Crippen LogP contribution in [0.4, 0.5) is 0 Å². The Kier molecular flexibility index (Phi) is 11.9. The van der Waals surface area contributed by atoms with Crippen molar-refractivity contribution in [2.75, 3.05) is 0 Å². The molecule has 0 amide bonds. The summed E-state index contributed by atoms with van der Waals surface area (Å²) in [6.45, 7) is 5.76. The van der Waals surface area contributed by atoms with Crippen LogP contribution in [-0.2, 0) is 9.53 Å². The summed E-state index contributed by atoms with van der Waals surface area (Å²) in [5.41, 5.74) is 0.234. The fraction of sp³-hybridized carbons (Fsp3) is 0.857. The predicted molar refractivity (Wildman–Crippen MR) is 97.7 cm³/mol. The Bertz CT molecular complexity index is 351. The van der Waals surface area contributed by atoms with Crippen LogP contribution in [0.3, 0.4) is 0 Å². The van der Waals surface area contributed by atoms with E-state index < -0.39 is 5.97 Å². The summed E-state index contributed by atoms with van der Waals surface area (Å²) in [7, 11) is 0. The summed E-state index contributed by atoms with van der Waals surface area (Å²) >= 11 is 0. The number of aliphatic carboxylic acids is 1. The molecular formula is C21H37O3-. The molecule has 2 unspecified atom stereocenters. The third-order valence-corrected chi connectivity index (χ3v) is 5.04. The Labute approximate surface area is 148 Å². The first-order valence-corrected chi connectivity index (χ1v) is 10.2. The third-order valence-electron chi connectivity index (χ3n) is 5.04. The molecule has 0 aromatic rings. The van der Waals surface area contributed by atoms with Crippen molar-refractivity contribution in [2.24, 2.45) is 0 Å². The summed E-state index contributed by atoms with van der Waals surface area (Å²) in [5.74, 6) is -1.10. The van der Waals surface area contributed by atoms with Gasteiger partial charge in [0.2, 0.25) is 0 Å². The highest BCUT2D eigenvalue weighted by molar-refractivity contribution is 5.83. The molecule has 1 heterocycles. The van der Waals surface area contributed by atoms with Crippen molar-refractivity contribution in [1.82, 2.24) is 0 Å². The first-order chi connectivity index (χ1) is 11.6. The van der Waals surface area contributed by atoms with E-state index in [-0.39, 0.29) is 5.57 Å². The molecule has 140 valence electrons. The molecule has 0 aromatic heterocycles. The number of carbonyl (C=O) groups is 1. The Balaban J connectivity index is 1.78. The fourth-order valence-corrected chi connectivity index (χ4v) is 3.31. The number of unbranched alkanes of at least 4 members (excludes halogenated alkanes) is 10. The van der Waals surface area contributed by atoms with Crippen LogP contribution in [0.2, 0.25) is 0 Å². The van der Waals surface area contributed by atoms with Crippen LogP contribution in [0.15, 0.2) is 12.2 Å². The van der Waals surface area contributed by atoms with Crippen LogP contribution >= 0.6 is 0 Å². The van der Waals surface area contributed by atoms with Crippen molar-refractivity contribution in [1.29, 1.82) is 0 Å². The van der Waals surface area contributed by atoms with Gasteiger partial charge < -0.3 is 14.6 Å². The van der Waals surface area contributed by atoms with E-state index in [1.807, 2.05) is 0 Å². The van der Waals surface area contributed by atoms with Gasteiger partial charge in [-0.15, -0.1) is 0 Å². The molecule has 2 atom stereocenters. The van der Waals surface area contributed by atoms with Crippen molar-refractivity contribution in [3.8, 4) is 0 Å². The highest BCUT2D eigenvalue weighted by atomic mass is 16.6. The maximum Gasteiger partial charge on any atom is 0.0841 e. The van der Waals surface area contributed by atoms with Gasteiger partial charge in [-0.2, -0.15) is 0 Å². The number of rotatable bonds is 17. The standard InChI is InChI=1S/C21H38O3/c1-3-4-5-6-10-13-16-19-20(24-19)17-14-11-8-7-9-12-15-18(2)21(22)23/h19-20H,2-17H2,1H3,(H,22,23)/p-1. The van der Waals surface area contributed by atoms with Gasteiger partial charge in [0.15, 0.2) is 0 Å². The average molecular weight is 338 g/mol. The molecule has 3 heteroatoms. The van der Waals surface area contributed by atoms with E-state index in [0.717, 1.165) is 12.8 Å². The predicted octanol–water partition coefficient (Wildman–Crippen LogP) is 4.93. The first kappa shape index (κ1) is 21.2. The minimum Gasteiger partial charge on any atom is -0.545 e. The SMILES string of the molecule is C=C(CCCCCCCCC1OC1CCCCCCCC)C(=O)[O-]. The summed E-state index contributed by atoms with van der Waals surface area (Å²) in [6, 6.07) is 0. The zero-order chi connectivity index (χ0) is 17.6. The molecule has 0 N–H and O–H groups in total. The maximum atomic E-state index is 10.5. The molecule has 1 fully saturated rings. The van der Waals surface area contributed by atoms with Gasteiger partial charge in [0.25, 0.3) is 0 Å². The smallest absolute Gasteiger partial charge is 0.0841 e. The molecule has 0 bridgehead atoms. The topological polar surface area (TPSA) is 52.7 Å². The first-order valence-electron chi connectivity index (χ1n) is 10.2. The van der Waals surface area contributed by atoms with Crippen molar-refractivity contribution < 1.29 is 14.6 Å². The second kappa shape index (κ2) is 13.5. The van der Waals surface area contributed by atoms with Crippen LogP contribution in [0.5, 0.6) is 0 Å². The summed E-state index contributed by atoms with van der Waals surface area (Å²) in [6.07, 6.45) is 19.3. The Hall–Kier alpha value is -0.830. The lowest BCUT2D eigenvalue weighted by molar-refractivity contribution is -0.299. The quantitative estimate of drug-likeness (QED) is 0.215. The Morgan fingerprint density at radius 1 is 0.833 bits per heavy atom. The van der Waals surface area contributed by atoms with Crippen LogP contribution in [0, 0.1) is 0 Å². The lowest BCUT2D eigenvalue weighted by Gasteiger charge is -2.05. The molecule has 0 saturated carbocycles. The minimum atomic E-state index is -1.10. The van der Waals surface area contributed by atoms with Crippen LogP contribution in [0.25, 0.3) is 0 Å². The van der Waals surface area contributed by atoms with Gasteiger partial charge in [0.1, 0.15) is 0 Å². The zero-order valence-electron chi connectivity index (χ0n) is 15.7. The number of carboxylic acids is 1. The van der Waals surface area contributed by atoms with Crippen molar-refractivity contribution in [3.05, 3.63) is 12.2 Å². The molecule has 1 saturated heterocycles. The van der Waals surface area contributed by atoms with Crippen LogP contribution < -0.4 is 5.11 Å². The second-order valence-electron chi connectivity index (χ2n) is 7.32. The van der Waals surface area contributed by atoms with Crippen LogP contribution in [0.1, 0.15) is 103 Å². The number of hydrogen-bond acceptors (Lipinski definition) is 3. The summed E-state index contributed by atoms with van der Waals surface area (Å²) in [4.78, 5) is 10.5. The maximum absolute atomic E-state index is 10.5. The van der Waals surface area contributed by atoms with Gasteiger partial charge in [-0.25, -0.2) is 0 Å². The summed E-state index contributed by atoms with van der Waals surface area (Å²) in [5, 5.41) is 10.5. The molecule has 1 aliphatic heterocycles. The number of epoxide rings is 1. The van der Waals surface area contributed by atoms with E-state index >= 15 is 0 Å². The molecule has 3 nitrogen and oxygen atoms in total. The zero-order valence-corrected chi connectivity index (χ0v) is 15.7. The third kappa shape index (κ3) is 10.9. The molecule has 0 spiro atoms. The van der Waals surface area contributed by atoms with Crippen molar-refractivity contribution >= 4 is 5.97 Å². The molecule has 24 heavy (non-hydrogen) atoms. The molecule has 1 rings (SSSR count). The van der Waals surface area contributed by atoms with Gasteiger partial charge in [0, 0.05) is 0 Å². The van der Waals surface area contributed by atoms with Crippen molar-refractivity contribution in [2.45, 2.75) is 115 Å². The molecule has 0 aliphatic carbocycles. The summed E-state index contributed by atoms with van der Waals surface area (Å²) < 4.78 is 5.77. The van der Waals surface area contributed by atoms with Crippen molar-refractivity contribution in [3.63, 3.8) is 0 Å². The number of carboxylic acid groups (broad SMARTS) is 1. The molecule has 0 aromatic carbocycles. The number of hydrogen-bond donors (Lipinski definition) is 0. The van der Waals surface area contributed by atoms with Gasteiger partial charge >= 0.3 is 0 Å². The molecule has 0 radical (unpaired) electrons. The van der Waals surface area contributed by atoms with Gasteiger partial charge in [-0.1, -0.05) is 84.1 Å². The van der Waals surface area contributed by atoms with E-state index in [1.165, 1.54) is 77.0 Å². The highest BCUT2D eigenvalue weighted by Gasteiger charge is 2.36. The van der Waals surface area contributed by atoms with E-state index in [0.29, 0.717) is 18.6 Å². The van der Waals surface area contributed by atoms with E-state index in [2.05, 4.69) is 13.5 Å².